The number of halogens is 1. The van der Waals surface area contributed by atoms with Crippen LogP contribution in [0.1, 0.15) is 22.3 Å². The molecule has 2 aliphatic rings. The highest BCUT2D eigenvalue weighted by Gasteiger charge is 2.28. The van der Waals surface area contributed by atoms with Crippen molar-refractivity contribution < 1.29 is 9.53 Å². The van der Waals surface area contributed by atoms with E-state index in [9.17, 15) is 4.79 Å². The standard InChI is InChI=1S/C22H27N3O2.ClH/c26-22(25-14-12-24(13-15-25)20-10-11-23-16-20)19-6-8-21(9-7-19)27-17-18-4-2-1-3-5-18;/h1-9,20,23H,10-17H2;1H. The van der Waals surface area contributed by atoms with Gasteiger partial charge >= 0.3 is 0 Å². The molecule has 2 aliphatic heterocycles. The van der Waals surface area contributed by atoms with Gasteiger partial charge in [0, 0.05) is 44.3 Å². The molecule has 150 valence electrons. The number of amides is 1. The Morgan fingerprint density at radius 3 is 2.36 bits per heavy atom. The van der Waals surface area contributed by atoms with Crippen LogP contribution in [-0.2, 0) is 6.61 Å². The lowest BCUT2D eigenvalue weighted by molar-refractivity contribution is 0.0584. The van der Waals surface area contributed by atoms with Gasteiger partial charge in [-0.2, -0.15) is 0 Å². The van der Waals surface area contributed by atoms with Crippen LogP contribution in [0.4, 0.5) is 0 Å². The molecule has 5 nitrogen and oxygen atoms in total. The Kier molecular flexibility index (Phi) is 7.31. The minimum Gasteiger partial charge on any atom is -0.489 e. The van der Waals surface area contributed by atoms with Crippen LogP contribution in [0.2, 0.25) is 0 Å². The van der Waals surface area contributed by atoms with E-state index in [1.165, 1.54) is 6.42 Å². The van der Waals surface area contributed by atoms with Crippen molar-refractivity contribution >= 4 is 18.3 Å². The molecule has 0 spiro atoms. The fourth-order valence-electron chi connectivity index (χ4n) is 3.86. The van der Waals surface area contributed by atoms with Gasteiger partial charge in [0.1, 0.15) is 12.4 Å². The number of benzene rings is 2. The van der Waals surface area contributed by atoms with Gasteiger partial charge in [0.15, 0.2) is 0 Å². The van der Waals surface area contributed by atoms with E-state index in [0.29, 0.717) is 12.6 Å². The van der Waals surface area contributed by atoms with E-state index in [2.05, 4.69) is 10.2 Å². The molecule has 1 amide bonds. The number of nitrogens with one attached hydrogen (secondary N) is 1. The summed E-state index contributed by atoms with van der Waals surface area (Å²) in [6, 6.07) is 18.2. The number of nitrogens with zero attached hydrogens (tertiary/aromatic N) is 2. The van der Waals surface area contributed by atoms with Crippen LogP contribution in [0.25, 0.3) is 0 Å². The minimum absolute atomic E-state index is 0. The van der Waals surface area contributed by atoms with Crippen LogP contribution < -0.4 is 10.1 Å². The van der Waals surface area contributed by atoms with Crippen LogP contribution in [0.5, 0.6) is 5.75 Å². The van der Waals surface area contributed by atoms with Crippen molar-refractivity contribution in [2.75, 3.05) is 39.3 Å². The van der Waals surface area contributed by atoms with Gasteiger partial charge in [0.05, 0.1) is 0 Å². The molecule has 6 heteroatoms. The molecule has 2 fully saturated rings. The van der Waals surface area contributed by atoms with Gasteiger partial charge in [0.2, 0.25) is 0 Å². The zero-order valence-electron chi connectivity index (χ0n) is 16.0. The zero-order valence-corrected chi connectivity index (χ0v) is 16.9. The van der Waals surface area contributed by atoms with Gasteiger partial charge in [-0.25, -0.2) is 0 Å². The number of hydrogen-bond acceptors (Lipinski definition) is 4. The number of carbonyl (C=O) groups excluding carboxylic acids is 1. The second-order valence-electron chi connectivity index (χ2n) is 7.27. The van der Waals surface area contributed by atoms with Crippen molar-refractivity contribution in [3.8, 4) is 5.75 Å². The second kappa shape index (κ2) is 9.92. The molecule has 0 bridgehead atoms. The lowest BCUT2D eigenvalue weighted by atomic mass is 10.1. The molecule has 0 aromatic heterocycles. The highest BCUT2D eigenvalue weighted by atomic mass is 35.5. The van der Waals surface area contributed by atoms with E-state index < -0.39 is 0 Å². The number of carbonyl (C=O) groups is 1. The first-order chi connectivity index (χ1) is 13.3. The third-order valence-electron chi connectivity index (χ3n) is 5.50. The number of piperazine rings is 1. The Labute approximate surface area is 173 Å². The van der Waals surface area contributed by atoms with Gasteiger partial charge in [-0.05, 0) is 42.8 Å². The Hall–Kier alpha value is -2.08. The van der Waals surface area contributed by atoms with Gasteiger partial charge < -0.3 is 15.0 Å². The molecule has 1 unspecified atom stereocenters. The molecule has 2 heterocycles. The predicted molar refractivity (Wildman–Crippen MR) is 113 cm³/mol. The monoisotopic (exact) mass is 401 g/mol. The molecule has 2 aromatic carbocycles. The first kappa shape index (κ1) is 20.6. The average molecular weight is 402 g/mol. The van der Waals surface area contributed by atoms with Crippen molar-refractivity contribution in [2.24, 2.45) is 0 Å². The van der Waals surface area contributed by atoms with Crippen LogP contribution in [0.3, 0.4) is 0 Å². The molecule has 0 radical (unpaired) electrons. The largest absolute Gasteiger partial charge is 0.489 e. The molecule has 4 rings (SSSR count). The molecule has 0 aliphatic carbocycles. The Bertz CT molecular complexity index is 740. The summed E-state index contributed by atoms with van der Waals surface area (Å²) >= 11 is 0. The van der Waals surface area contributed by atoms with Crippen molar-refractivity contribution in [1.29, 1.82) is 0 Å². The maximum Gasteiger partial charge on any atom is 0.253 e. The Balaban J connectivity index is 0.00000225. The summed E-state index contributed by atoms with van der Waals surface area (Å²) in [5.74, 6) is 0.905. The molecular formula is C22H28ClN3O2. The Morgan fingerprint density at radius 2 is 1.71 bits per heavy atom. The van der Waals surface area contributed by atoms with Gasteiger partial charge in [-0.1, -0.05) is 30.3 Å². The van der Waals surface area contributed by atoms with E-state index in [-0.39, 0.29) is 18.3 Å². The van der Waals surface area contributed by atoms with Crippen LogP contribution in [-0.4, -0.2) is 61.0 Å². The topological polar surface area (TPSA) is 44.8 Å². The van der Waals surface area contributed by atoms with Crippen molar-refractivity contribution in [3.63, 3.8) is 0 Å². The minimum atomic E-state index is 0. The van der Waals surface area contributed by atoms with Gasteiger partial charge in [-0.15, -0.1) is 12.4 Å². The zero-order chi connectivity index (χ0) is 18.5. The lowest BCUT2D eigenvalue weighted by Gasteiger charge is -2.37. The molecule has 1 N–H and O–H groups in total. The quantitative estimate of drug-likeness (QED) is 0.836. The summed E-state index contributed by atoms with van der Waals surface area (Å²) in [4.78, 5) is 17.3. The van der Waals surface area contributed by atoms with E-state index in [4.69, 9.17) is 4.74 Å². The fraction of sp³-hybridized carbons (Fsp3) is 0.409. The molecular weight excluding hydrogens is 374 g/mol. The summed E-state index contributed by atoms with van der Waals surface area (Å²) in [7, 11) is 0. The summed E-state index contributed by atoms with van der Waals surface area (Å²) < 4.78 is 5.81. The van der Waals surface area contributed by atoms with Crippen LogP contribution >= 0.6 is 12.4 Å². The summed E-state index contributed by atoms with van der Waals surface area (Å²) in [6.45, 7) is 6.28. The van der Waals surface area contributed by atoms with Crippen molar-refractivity contribution in [2.45, 2.75) is 19.1 Å². The highest BCUT2D eigenvalue weighted by Crippen LogP contribution is 2.17. The molecule has 2 aromatic rings. The van der Waals surface area contributed by atoms with E-state index in [0.717, 1.165) is 56.1 Å². The maximum absolute atomic E-state index is 12.8. The first-order valence-electron chi connectivity index (χ1n) is 9.80. The molecule has 1 atom stereocenters. The van der Waals surface area contributed by atoms with E-state index in [1.807, 2.05) is 59.5 Å². The molecule has 0 saturated carbocycles. The predicted octanol–water partition coefficient (Wildman–Crippen LogP) is 2.81. The molecule has 28 heavy (non-hydrogen) atoms. The smallest absolute Gasteiger partial charge is 0.253 e. The summed E-state index contributed by atoms with van der Waals surface area (Å²) in [5, 5.41) is 3.42. The van der Waals surface area contributed by atoms with E-state index in [1.54, 1.807) is 0 Å². The fourth-order valence-corrected chi connectivity index (χ4v) is 3.86. The van der Waals surface area contributed by atoms with Crippen molar-refractivity contribution in [3.05, 3.63) is 65.7 Å². The SMILES string of the molecule is Cl.O=C(c1ccc(OCc2ccccc2)cc1)N1CCN(C2CCNC2)CC1. The van der Waals surface area contributed by atoms with Gasteiger partial charge in [-0.3, -0.25) is 9.69 Å². The summed E-state index contributed by atoms with van der Waals surface area (Å²) in [5.41, 5.74) is 1.87. The second-order valence-corrected chi connectivity index (χ2v) is 7.27. The van der Waals surface area contributed by atoms with Crippen molar-refractivity contribution in [1.82, 2.24) is 15.1 Å². The molecule has 2 saturated heterocycles. The normalized spacial score (nSPS) is 19.9. The number of rotatable bonds is 5. The van der Waals surface area contributed by atoms with Gasteiger partial charge in [0.25, 0.3) is 5.91 Å². The first-order valence-corrected chi connectivity index (χ1v) is 9.80. The highest BCUT2D eigenvalue weighted by molar-refractivity contribution is 5.94. The third-order valence-corrected chi connectivity index (χ3v) is 5.50. The maximum atomic E-state index is 12.8. The van der Waals surface area contributed by atoms with E-state index >= 15 is 0 Å². The van der Waals surface area contributed by atoms with Crippen LogP contribution in [0.15, 0.2) is 54.6 Å². The third kappa shape index (κ3) is 5.04. The number of hydrogen-bond donors (Lipinski definition) is 1. The Morgan fingerprint density at radius 1 is 1.00 bits per heavy atom. The van der Waals surface area contributed by atoms with Crippen LogP contribution in [0, 0.1) is 0 Å². The lowest BCUT2D eigenvalue weighted by Crippen LogP contribution is -2.52. The average Bonchev–Trinajstić information content (AvgIpc) is 3.28. The summed E-state index contributed by atoms with van der Waals surface area (Å²) in [6.07, 6.45) is 1.22. The number of ether oxygens (including phenoxy) is 1.